The molecule has 0 fully saturated rings. The number of unbranched alkanes of at least 4 members (excludes halogenated alkanes) is 1. The summed E-state index contributed by atoms with van der Waals surface area (Å²) in [5.74, 6) is 0.283. The second kappa shape index (κ2) is 10.0. The molecule has 1 aromatic heterocycles. The Morgan fingerprint density at radius 1 is 1.14 bits per heavy atom. The molecule has 152 valence electrons. The normalized spacial score (nSPS) is 10.7. The molecule has 2 amide bonds. The summed E-state index contributed by atoms with van der Waals surface area (Å²) in [5.41, 5.74) is 1.43. The quantitative estimate of drug-likeness (QED) is 0.543. The average molecular weight is 412 g/mol. The molecule has 0 saturated carbocycles. The molecule has 3 aromatic rings. The average Bonchev–Trinajstić information content (AvgIpc) is 3.14. The van der Waals surface area contributed by atoms with Crippen LogP contribution in [-0.4, -0.2) is 41.9 Å². The van der Waals surface area contributed by atoms with Crippen LogP contribution in [0.15, 0.2) is 48.5 Å². The van der Waals surface area contributed by atoms with Crippen molar-refractivity contribution in [2.75, 3.05) is 20.2 Å². The first kappa shape index (κ1) is 20.8. The lowest BCUT2D eigenvalue weighted by atomic mass is 10.2. The van der Waals surface area contributed by atoms with Crippen molar-refractivity contribution in [2.45, 2.75) is 26.3 Å². The third-order valence-electron chi connectivity index (χ3n) is 4.42. The molecule has 0 saturated heterocycles. The number of rotatable bonds is 9. The van der Waals surface area contributed by atoms with E-state index in [1.165, 1.54) is 0 Å². The molecular formula is C22H25N3O3S. The molecule has 0 radical (unpaired) electrons. The van der Waals surface area contributed by atoms with E-state index in [9.17, 15) is 9.59 Å². The fourth-order valence-corrected chi connectivity index (χ4v) is 3.73. The Bertz CT molecular complexity index is 936. The molecule has 0 aliphatic rings. The zero-order chi connectivity index (χ0) is 20.6. The maximum atomic E-state index is 12.4. The lowest BCUT2D eigenvalue weighted by Gasteiger charge is -2.16. The Morgan fingerprint density at radius 3 is 2.62 bits per heavy atom. The number of likely N-dealkylation sites (N-methyl/N-ethyl adjacent to an activating group) is 1. The van der Waals surface area contributed by atoms with E-state index in [0.717, 1.165) is 33.8 Å². The van der Waals surface area contributed by atoms with Crippen molar-refractivity contribution >= 4 is 33.4 Å². The predicted octanol–water partition coefficient (Wildman–Crippen LogP) is 3.86. The van der Waals surface area contributed by atoms with Gasteiger partial charge in [-0.15, -0.1) is 11.3 Å². The molecule has 1 N–H and O–H groups in total. The van der Waals surface area contributed by atoms with Crippen molar-refractivity contribution < 1.29 is 14.3 Å². The number of fused-ring (bicyclic) bond motifs is 1. The van der Waals surface area contributed by atoms with Crippen LogP contribution >= 0.6 is 11.3 Å². The molecule has 0 spiro atoms. The molecule has 0 atom stereocenters. The number of carbonyl (C=O) groups excluding carboxylic acids is 2. The molecule has 0 aliphatic carbocycles. The first-order chi connectivity index (χ1) is 14.1. The van der Waals surface area contributed by atoms with Gasteiger partial charge < -0.3 is 15.0 Å². The van der Waals surface area contributed by atoms with Gasteiger partial charge in [0.2, 0.25) is 5.91 Å². The van der Waals surface area contributed by atoms with Gasteiger partial charge in [0, 0.05) is 12.6 Å². The standard InChI is InChI=1S/C22H25N3O3S/c1-3-4-13-28-17-11-9-16(10-12-17)22(27)23-14-21(26)25(2)15-20-24-18-7-5-6-8-19(18)29-20/h5-12H,3-4,13-15H2,1-2H3,(H,23,27). The topological polar surface area (TPSA) is 71.5 Å². The minimum Gasteiger partial charge on any atom is -0.494 e. The number of benzene rings is 2. The predicted molar refractivity (Wildman–Crippen MR) is 115 cm³/mol. The van der Waals surface area contributed by atoms with Gasteiger partial charge in [0.15, 0.2) is 0 Å². The van der Waals surface area contributed by atoms with E-state index >= 15 is 0 Å². The smallest absolute Gasteiger partial charge is 0.251 e. The highest BCUT2D eigenvalue weighted by Gasteiger charge is 2.14. The van der Waals surface area contributed by atoms with Crippen LogP contribution in [0.3, 0.4) is 0 Å². The zero-order valence-corrected chi connectivity index (χ0v) is 17.5. The van der Waals surface area contributed by atoms with Crippen molar-refractivity contribution in [1.29, 1.82) is 0 Å². The van der Waals surface area contributed by atoms with Gasteiger partial charge in [-0.1, -0.05) is 25.5 Å². The Labute approximate surface area is 174 Å². The number of hydrogen-bond acceptors (Lipinski definition) is 5. The summed E-state index contributed by atoms with van der Waals surface area (Å²) in [6.45, 7) is 3.12. The van der Waals surface area contributed by atoms with Crippen molar-refractivity contribution in [3.8, 4) is 5.75 Å². The second-order valence-electron chi connectivity index (χ2n) is 6.73. The number of carbonyl (C=O) groups is 2. The van der Waals surface area contributed by atoms with E-state index in [-0.39, 0.29) is 18.4 Å². The van der Waals surface area contributed by atoms with Crippen LogP contribution in [0.5, 0.6) is 5.75 Å². The number of aromatic nitrogens is 1. The molecular weight excluding hydrogens is 386 g/mol. The van der Waals surface area contributed by atoms with E-state index in [2.05, 4.69) is 17.2 Å². The van der Waals surface area contributed by atoms with Crippen LogP contribution in [-0.2, 0) is 11.3 Å². The minimum absolute atomic E-state index is 0.0605. The fourth-order valence-electron chi connectivity index (χ4n) is 2.71. The Balaban J connectivity index is 1.48. The van der Waals surface area contributed by atoms with Crippen molar-refractivity contribution in [2.24, 2.45) is 0 Å². The van der Waals surface area contributed by atoms with Crippen LogP contribution < -0.4 is 10.1 Å². The molecule has 0 bridgehead atoms. The van der Waals surface area contributed by atoms with Crippen molar-refractivity contribution in [3.05, 3.63) is 59.1 Å². The second-order valence-corrected chi connectivity index (χ2v) is 7.85. The van der Waals surface area contributed by atoms with Gasteiger partial charge in [-0.3, -0.25) is 9.59 Å². The van der Waals surface area contributed by atoms with E-state index in [4.69, 9.17) is 4.74 Å². The fraction of sp³-hybridized carbons (Fsp3) is 0.318. The summed E-state index contributed by atoms with van der Waals surface area (Å²) in [4.78, 5) is 30.8. The van der Waals surface area contributed by atoms with Gasteiger partial charge in [-0.25, -0.2) is 4.98 Å². The third kappa shape index (κ3) is 5.77. The van der Waals surface area contributed by atoms with E-state index in [1.54, 1.807) is 47.5 Å². The third-order valence-corrected chi connectivity index (χ3v) is 5.44. The molecule has 6 nitrogen and oxygen atoms in total. The maximum Gasteiger partial charge on any atom is 0.251 e. The zero-order valence-electron chi connectivity index (χ0n) is 16.7. The Hall–Kier alpha value is -2.93. The Morgan fingerprint density at radius 2 is 1.90 bits per heavy atom. The lowest BCUT2D eigenvalue weighted by Crippen LogP contribution is -2.37. The maximum absolute atomic E-state index is 12.4. The molecule has 29 heavy (non-hydrogen) atoms. The van der Waals surface area contributed by atoms with Gasteiger partial charge >= 0.3 is 0 Å². The molecule has 0 unspecified atom stereocenters. The summed E-state index contributed by atoms with van der Waals surface area (Å²) in [5, 5.41) is 3.54. The van der Waals surface area contributed by atoms with Crippen LogP contribution in [0.2, 0.25) is 0 Å². The van der Waals surface area contributed by atoms with Crippen LogP contribution in [0, 0.1) is 0 Å². The number of thiazole rings is 1. The van der Waals surface area contributed by atoms with E-state index < -0.39 is 0 Å². The number of ether oxygens (including phenoxy) is 1. The van der Waals surface area contributed by atoms with E-state index in [1.807, 2.05) is 24.3 Å². The van der Waals surface area contributed by atoms with Gasteiger partial charge in [0.1, 0.15) is 10.8 Å². The molecule has 7 heteroatoms. The van der Waals surface area contributed by atoms with Crippen LogP contribution in [0.4, 0.5) is 0 Å². The van der Waals surface area contributed by atoms with Crippen LogP contribution in [0.1, 0.15) is 35.1 Å². The highest BCUT2D eigenvalue weighted by atomic mass is 32.1. The number of para-hydroxylation sites is 1. The van der Waals surface area contributed by atoms with Crippen LogP contribution in [0.25, 0.3) is 10.2 Å². The first-order valence-electron chi connectivity index (χ1n) is 9.66. The summed E-state index contributed by atoms with van der Waals surface area (Å²) in [7, 11) is 1.71. The molecule has 1 heterocycles. The van der Waals surface area contributed by atoms with Gasteiger partial charge in [-0.05, 0) is 42.8 Å². The van der Waals surface area contributed by atoms with Crippen molar-refractivity contribution in [3.63, 3.8) is 0 Å². The Kier molecular flexibility index (Phi) is 7.19. The van der Waals surface area contributed by atoms with Gasteiger partial charge in [0.05, 0.1) is 29.9 Å². The van der Waals surface area contributed by atoms with Gasteiger partial charge in [-0.2, -0.15) is 0 Å². The highest BCUT2D eigenvalue weighted by molar-refractivity contribution is 7.18. The molecule has 2 aromatic carbocycles. The largest absolute Gasteiger partial charge is 0.494 e. The monoisotopic (exact) mass is 411 g/mol. The highest BCUT2D eigenvalue weighted by Crippen LogP contribution is 2.22. The lowest BCUT2D eigenvalue weighted by molar-refractivity contribution is -0.129. The van der Waals surface area contributed by atoms with Gasteiger partial charge in [0.25, 0.3) is 5.91 Å². The number of nitrogens with one attached hydrogen (secondary N) is 1. The molecule has 3 rings (SSSR count). The summed E-state index contributed by atoms with van der Waals surface area (Å²) >= 11 is 1.57. The van der Waals surface area contributed by atoms with Crippen molar-refractivity contribution in [1.82, 2.24) is 15.2 Å². The SMILES string of the molecule is CCCCOc1ccc(C(=O)NCC(=O)N(C)Cc2nc3ccccc3s2)cc1. The minimum atomic E-state index is -0.285. The number of amides is 2. The van der Waals surface area contributed by atoms with E-state index in [0.29, 0.717) is 18.7 Å². The number of nitrogens with zero attached hydrogens (tertiary/aromatic N) is 2. The summed E-state index contributed by atoms with van der Waals surface area (Å²) in [6, 6.07) is 14.8. The molecule has 0 aliphatic heterocycles. The number of hydrogen-bond donors (Lipinski definition) is 1. The summed E-state index contributed by atoms with van der Waals surface area (Å²) < 4.78 is 6.69. The first-order valence-corrected chi connectivity index (χ1v) is 10.5. The summed E-state index contributed by atoms with van der Waals surface area (Å²) in [6.07, 6.45) is 2.07.